The Bertz CT molecular complexity index is 581. The average molecular weight is 317 g/mol. The lowest BCUT2D eigenvalue weighted by molar-refractivity contribution is 0.232. The first kappa shape index (κ1) is 15.8. The number of benzene rings is 1. The second kappa shape index (κ2) is 6.02. The number of halogens is 1. The Morgan fingerprint density at radius 3 is 2.65 bits per heavy atom. The van der Waals surface area contributed by atoms with Crippen LogP contribution >= 0.6 is 11.6 Å². The standard InChI is InChI=1S/C14H21ClN2O2S/c1-11-3-4-12(15)13(9-11)20(18,19)17-10-14(2)5-7-16-8-6-14/h3-4,9,16-17H,5-8,10H2,1-2H3. The van der Waals surface area contributed by atoms with Crippen molar-refractivity contribution in [3.63, 3.8) is 0 Å². The molecule has 1 aromatic rings. The summed E-state index contributed by atoms with van der Waals surface area (Å²) >= 11 is 6.01. The van der Waals surface area contributed by atoms with Gasteiger partial charge in [-0.05, 0) is 56.0 Å². The molecule has 0 aliphatic carbocycles. The summed E-state index contributed by atoms with van der Waals surface area (Å²) in [5, 5.41) is 3.55. The minimum Gasteiger partial charge on any atom is -0.317 e. The monoisotopic (exact) mass is 316 g/mol. The van der Waals surface area contributed by atoms with Gasteiger partial charge in [-0.1, -0.05) is 24.6 Å². The van der Waals surface area contributed by atoms with Crippen molar-refractivity contribution >= 4 is 21.6 Å². The molecule has 0 saturated carbocycles. The molecule has 1 saturated heterocycles. The molecular weight excluding hydrogens is 296 g/mol. The first-order chi connectivity index (χ1) is 9.32. The van der Waals surface area contributed by atoms with Gasteiger partial charge in [0.25, 0.3) is 0 Å². The quantitative estimate of drug-likeness (QED) is 0.896. The van der Waals surface area contributed by atoms with E-state index >= 15 is 0 Å². The van der Waals surface area contributed by atoms with Crippen LogP contribution in [0.3, 0.4) is 0 Å². The molecule has 0 atom stereocenters. The minimum atomic E-state index is -3.55. The van der Waals surface area contributed by atoms with Crippen molar-refractivity contribution in [1.29, 1.82) is 0 Å². The largest absolute Gasteiger partial charge is 0.317 e. The maximum absolute atomic E-state index is 12.4. The Morgan fingerprint density at radius 1 is 1.35 bits per heavy atom. The highest BCUT2D eigenvalue weighted by atomic mass is 35.5. The molecule has 1 aliphatic rings. The SMILES string of the molecule is Cc1ccc(Cl)c(S(=O)(=O)NCC2(C)CCNCC2)c1. The predicted octanol–water partition coefficient (Wildman–Crippen LogP) is 2.32. The lowest BCUT2D eigenvalue weighted by Crippen LogP contribution is -2.42. The van der Waals surface area contributed by atoms with Crippen LogP contribution < -0.4 is 10.0 Å². The molecule has 1 heterocycles. The van der Waals surface area contributed by atoms with Gasteiger partial charge >= 0.3 is 0 Å². The van der Waals surface area contributed by atoms with Crippen LogP contribution in [0.1, 0.15) is 25.3 Å². The zero-order chi connectivity index (χ0) is 14.8. The summed E-state index contributed by atoms with van der Waals surface area (Å²) in [4.78, 5) is 0.164. The van der Waals surface area contributed by atoms with Crippen LogP contribution in [0.25, 0.3) is 0 Å². The smallest absolute Gasteiger partial charge is 0.242 e. The Labute approximate surface area is 126 Å². The Morgan fingerprint density at radius 2 is 2.00 bits per heavy atom. The summed E-state index contributed by atoms with van der Waals surface area (Å²) in [5.41, 5.74) is 0.886. The lowest BCUT2D eigenvalue weighted by Gasteiger charge is -2.34. The topological polar surface area (TPSA) is 58.2 Å². The molecule has 1 fully saturated rings. The molecule has 4 nitrogen and oxygen atoms in total. The van der Waals surface area contributed by atoms with Gasteiger partial charge in [0.15, 0.2) is 0 Å². The van der Waals surface area contributed by atoms with E-state index in [1.807, 2.05) is 6.92 Å². The molecule has 0 radical (unpaired) electrons. The maximum atomic E-state index is 12.4. The lowest BCUT2D eigenvalue weighted by atomic mass is 9.81. The van der Waals surface area contributed by atoms with Crippen molar-refractivity contribution in [3.05, 3.63) is 28.8 Å². The van der Waals surface area contributed by atoms with Crippen molar-refractivity contribution in [3.8, 4) is 0 Å². The third-order valence-corrected chi connectivity index (χ3v) is 5.76. The fourth-order valence-corrected chi connectivity index (χ4v) is 4.15. The summed E-state index contributed by atoms with van der Waals surface area (Å²) in [6.07, 6.45) is 1.94. The van der Waals surface area contributed by atoms with Crippen LogP contribution in [-0.4, -0.2) is 28.1 Å². The summed E-state index contributed by atoms with van der Waals surface area (Å²) in [6, 6.07) is 5.03. The summed E-state index contributed by atoms with van der Waals surface area (Å²) in [6.45, 7) is 6.28. The highest BCUT2D eigenvalue weighted by Gasteiger charge is 2.29. The first-order valence-electron chi connectivity index (χ1n) is 6.79. The molecule has 112 valence electrons. The van der Waals surface area contributed by atoms with Crippen molar-refractivity contribution in [2.45, 2.75) is 31.6 Å². The molecule has 6 heteroatoms. The number of rotatable bonds is 4. The van der Waals surface area contributed by atoms with Crippen LogP contribution in [-0.2, 0) is 10.0 Å². The fraction of sp³-hybridized carbons (Fsp3) is 0.571. The highest BCUT2D eigenvalue weighted by Crippen LogP contribution is 2.28. The van der Waals surface area contributed by atoms with Crippen molar-refractivity contribution in [2.24, 2.45) is 5.41 Å². The van der Waals surface area contributed by atoms with Gasteiger partial charge in [0.1, 0.15) is 4.90 Å². The van der Waals surface area contributed by atoms with Crippen molar-refractivity contribution < 1.29 is 8.42 Å². The second-order valence-electron chi connectivity index (χ2n) is 5.82. The molecule has 1 aromatic carbocycles. The Balaban J connectivity index is 2.13. The molecule has 0 bridgehead atoms. The number of hydrogen-bond acceptors (Lipinski definition) is 3. The number of sulfonamides is 1. The van der Waals surface area contributed by atoms with Crippen LogP contribution in [0.15, 0.2) is 23.1 Å². The van der Waals surface area contributed by atoms with Crippen LogP contribution in [0.2, 0.25) is 5.02 Å². The van der Waals surface area contributed by atoms with Crippen LogP contribution in [0, 0.1) is 12.3 Å². The van der Waals surface area contributed by atoms with E-state index in [0.29, 0.717) is 6.54 Å². The van der Waals surface area contributed by atoms with Crippen LogP contribution in [0.5, 0.6) is 0 Å². The van der Waals surface area contributed by atoms with Gasteiger partial charge in [-0.15, -0.1) is 0 Å². The zero-order valence-electron chi connectivity index (χ0n) is 11.9. The number of hydrogen-bond donors (Lipinski definition) is 2. The minimum absolute atomic E-state index is 0.00855. The van der Waals surface area contributed by atoms with E-state index in [0.717, 1.165) is 31.5 Å². The second-order valence-corrected chi connectivity index (χ2v) is 7.96. The molecule has 2 rings (SSSR count). The molecular formula is C14H21ClN2O2S. The number of piperidine rings is 1. The van der Waals surface area contributed by atoms with E-state index < -0.39 is 10.0 Å². The van der Waals surface area contributed by atoms with Gasteiger partial charge in [-0.25, -0.2) is 13.1 Å². The van der Waals surface area contributed by atoms with Gasteiger partial charge in [-0.3, -0.25) is 0 Å². The van der Waals surface area contributed by atoms with Gasteiger partial charge in [0, 0.05) is 6.54 Å². The Kier molecular flexibility index (Phi) is 4.74. The Hall–Kier alpha value is -0.620. The summed E-state index contributed by atoms with van der Waals surface area (Å²) < 4.78 is 27.5. The number of aryl methyl sites for hydroxylation is 1. The highest BCUT2D eigenvalue weighted by molar-refractivity contribution is 7.89. The molecule has 0 aromatic heterocycles. The third-order valence-electron chi connectivity index (χ3n) is 3.88. The average Bonchev–Trinajstić information content (AvgIpc) is 2.40. The molecule has 2 N–H and O–H groups in total. The fourth-order valence-electron chi connectivity index (χ4n) is 2.37. The third kappa shape index (κ3) is 3.73. The van der Waals surface area contributed by atoms with Gasteiger partial charge in [-0.2, -0.15) is 0 Å². The number of nitrogens with one attached hydrogen (secondary N) is 2. The van der Waals surface area contributed by atoms with E-state index in [9.17, 15) is 8.42 Å². The van der Waals surface area contributed by atoms with Gasteiger partial charge in [0.05, 0.1) is 5.02 Å². The van der Waals surface area contributed by atoms with E-state index in [-0.39, 0.29) is 15.3 Å². The molecule has 20 heavy (non-hydrogen) atoms. The van der Waals surface area contributed by atoms with E-state index in [1.165, 1.54) is 0 Å². The van der Waals surface area contributed by atoms with Crippen molar-refractivity contribution in [1.82, 2.24) is 10.0 Å². The van der Waals surface area contributed by atoms with Gasteiger partial charge in [0.2, 0.25) is 10.0 Å². The molecule has 1 aliphatic heterocycles. The first-order valence-corrected chi connectivity index (χ1v) is 8.65. The zero-order valence-corrected chi connectivity index (χ0v) is 13.4. The molecule has 0 spiro atoms. The summed E-state index contributed by atoms with van der Waals surface area (Å²) in [5.74, 6) is 0. The van der Waals surface area contributed by atoms with E-state index in [4.69, 9.17) is 11.6 Å². The van der Waals surface area contributed by atoms with Gasteiger partial charge < -0.3 is 5.32 Å². The van der Waals surface area contributed by atoms with Crippen molar-refractivity contribution in [2.75, 3.05) is 19.6 Å². The van der Waals surface area contributed by atoms with Crippen LogP contribution in [0.4, 0.5) is 0 Å². The van der Waals surface area contributed by atoms with E-state index in [2.05, 4.69) is 17.0 Å². The normalized spacial score (nSPS) is 18.9. The van der Waals surface area contributed by atoms with E-state index in [1.54, 1.807) is 18.2 Å². The predicted molar refractivity (Wildman–Crippen MR) is 81.6 cm³/mol. The molecule has 0 amide bonds. The maximum Gasteiger partial charge on any atom is 0.242 e. The molecule has 0 unspecified atom stereocenters. The summed E-state index contributed by atoms with van der Waals surface area (Å²) in [7, 11) is -3.55.